The molecule has 0 saturated heterocycles. The van der Waals surface area contributed by atoms with Crippen molar-refractivity contribution < 1.29 is 11.0 Å². The van der Waals surface area contributed by atoms with Crippen LogP contribution in [-0.2, 0) is 16.1 Å². The van der Waals surface area contributed by atoms with Gasteiger partial charge in [-0.3, -0.25) is 4.90 Å². The van der Waals surface area contributed by atoms with Gasteiger partial charge >= 0.3 is 0 Å². The smallest absolute Gasteiger partial charge is 0.133 e. The average molecular weight is 401 g/mol. The second-order valence-corrected chi connectivity index (χ2v) is 7.62. The van der Waals surface area contributed by atoms with Crippen LogP contribution < -0.4 is 5.73 Å². The second-order valence-electron chi connectivity index (χ2n) is 7.62. The van der Waals surface area contributed by atoms with Crippen LogP contribution in [0.1, 0.15) is 58.9 Å². The lowest BCUT2D eigenvalue weighted by Crippen LogP contribution is -2.28. The molecule has 162 valence electrons. The molecule has 1 fully saturated rings. The summed E-state index contributed by atoms with van der Waals surface area (Å²) >= 11 is 0. The number of carbonyl (C=O) groups excluding carboxylic acids is 2. The molecular weight excluding hydrogens is 360 g/mol. The summed E-state index contributed by atoms with van der Waals surface area (Å²) in [7, 11) is 0. The topological polar surface area (TPSA) is 63.4 Å². The first-order valence-electron chi connectivity index (χ1n) is 10.9. The molecule has 4 nitrogen and oxygen atoms in total. The lowest BCUT2D eigenvalue weighted by molar-refractivity contribution is -0.109. The number of rotatable bonds is 8. The molecule has 0 radical (unpaired) electrons. The van der Waals surface area contributed by atoms with Gasteiger partial charge in [-0.25, -0.2) is 0 Å². The molecule has 1 aliphatic rings. The van der Waals surface area contributed by atoms with Crippen LogP contribution in [0.15, 0.2) is 42.5 Å². The average Bonchev–Trinajstić information content (AvgIpc) is 2.80. The van der Waals surface area contributed by atoms with Gasteiger partial charge in [-0.2, -0.15) is 0 Å². The van der Waals surface area contributed by atoms with Crippen LogP contribution in [0.5, 0.6) is 0 Å². The van der Waals surface area contributed by atoms with Gasteiger partial charge in [0.2, 0.25) is 0 Å². The molecule has 0 atom stereocenters. The number of benzene rings is 2. The Balaban J connectivity index is 0.00000108. The Bertz CT molecular complexity index is 682. The second kappa shape index (κ2) is 15.8. The highest BCUT2D eigenvalue weighted by molar-refractivity contribution is 5.85. The van der Waals surface area contributed by atoms with E-state index in [0.717, 1.165) is 38.3 Å². The minimum atomic E-state index is 0. The van der Waals surface area contributed by atoms with E-state index in [9.17, 15) is 4.79 Å². The maximum absolute atomic E-state index is 11.1. The summed E-state index contributed by atoms with van der Waals surface area (Å²) in [4.78, 5) is 21.4. The summed E-state index contributed by atoms with van der Waals surface area (Å²) in [6.45, 7) is 7.31. The molecular formula is C25H40N2O2. The minimum absolute atomic E-state index is 0. The van der Waals surface area contributed by atoms with Crippen LogP contribution in [0.25, 0.3) is 10.8 Å². The van der Waals surface area contributed by atoms with Crippen molar-refractivity contribution in [2.24, 2.45) is 11.7 Å². The first kappa shape index (κ1) is 25.0. The molecule has 1 aliphatic carbocycles. The fourth-order valence-electron chi connectivity index (χ4n) is 3.85. The molecule has 2 N–H and O–H groups in total. The fraction of sp³-hybridized carbons (Fsp3) is 0.520. The zero-order chi connectivity index (χ0) is 21.3. The lowest BCUT2D eigenvalue weighted by atomic mass is 9.87. The van der Waals surface area contributed by atoms with Gasteiger partial charge in [-0.15, -0.1) is 0 Å². The molecule has 0 aromatic heterocycles. The highest BCUT2D eigenvalue weighted by atomic mass is 16.1. The zero-order valence-corrected chi connectivity index (χ0v) is 18.0. The third-order valence-electron chi connectivity index (χ3n) is 5.47. The normalized spacial score (nSPS) is 13.9. The molecule has 0 unspecified atom stereocenters. The van der Waals surface area contributed by atoms with Crippen LogP contribution in [0.4, 0.5) is 0 Å². The molecule has 0 aliphatic heterocycles. The van der Waals surface area contributed by atoms with E-state index in [1.54, 1.807) is 0 Å². The largest absolute Gasteiger partial charge is 0.330 e. The quantitative estimate of drug-likeness (QED) is 0.617. The van der Waals surface area contributed by atoms with E-state index in [4.69, 9.17) is 10.5 Å². The minimum Gasteiger partial charge on any atom is -0.330 e. The molecule has 1 saturated carbocycles. The van der Waals surface area contributed by atoms with Crippen LogP contribution in [0.3, 0.4) is 0 Å². The summed E-state index contributed by atoms with van der Waals surface area (Å²) in [6, 6.07) is 15.0. The van der Waals surface area contributed by atoms with Gasteiger partial charge in [-0.1, -0.05) is 81.5 Å². The third kappa shape index (κ3) is 9.33. The summed E-state index contributed by atoms with van der Waals surface area (Å²) in [5.41, 5.74) is 6.36. The number of carbonyl (C=O) groups is 2. The molecule has 3 rings (SSSR count). The van der Waals surface area contributed by atoms with E-state index in [1.165, 1.54) is 54.9 Å². The predicted molar refractivity (Wildman–Crippen MR) is 125 cm³/mol. The van der Waals surface area contributed by atoms with Crippen LogP contribution >= 0.6 is 0 Å². The van der Waals surface area contributed by atoms with E-state index in [0.29, 0.717) is 6.54 Å². The van der Waals surface area contributed by atoms with Crippen molar-refractivity contribution in [2.45, 2.75) is 58.4 Å². The monoisotopic (exact) mass is 400 g/mol. The maximum atomic E-state index is 11.1. The van der Waals surface area contributed by atoms with Crippen molar-refractivity contribution in [3.05, 3.63) is 48.0 Å². The van der Waals surface area contributed by atoms with Gasteiger partial charge in [0, 0.05) is 7.97 Å². The number of aldehydes is 1. The summed E-state index contributed by atoms with van der Waals surface area (Å²) in [5, 5.41) is 2.59. The Morgan fingerprint density at radius 1 is 1.10 bits per heavy atom. The molecule has 2 aromatic rings. The molecule has 2 aromatic carbocycles. The zero-order valence-electron chi connectivity index (χ0n) is 18.0. The van der Waals surface area contributed by atoms with E-state index in [1.807, 2.05) is 6.79 Å². The predicted octanol–water partition coefficient (Wildman–Crippen LogP) is 5.23. The summed E-state index contributed by atoms with van der Waals surface area (Å²) < 4.78 is 0. The number of fused-ring (bicyclic) bond motifs is 1. The van der Waals surface area contributed by atoms with Gasteiger partial charge in [0.1, 0.15) is 13.1 Å². The van der Waals surface area contributed by atoms with Gasteiger partial charge in [0.15, 0.2) is 0 Å². The molecule has 0 amide bonds. The highest BCUT2D eigenvalue weighted by Crippen LogP contribution is 2.27. The van der Waals surface area contributed by atoms with Crippen molar-refractivity contribution in [3.63, 3.8) is 0 Å². The summed E-state index contributed by atoms with van der Waals surface area (Å²) in [5.74, 6) is 0.866. The molecule has 4 heteroatoms. The third-order valence-corrected chi connectivity index (χ3v) is 5.47. The van der Waals surface area contributed by atoms with E-state index in [-0.39, 0.29) is 1.43 Å². The van der Waals surface area contributed by atoms with Gasteiger partial charge < -0.3 is 15.3 Å². The standard InChI is InChI=1S/C21H27NO.C3H9N.CH2O.H2/c23-16-15-22(14-13-18-7-2-1-3-8-18)17-20-11-6-10-19-9-4-5-12-21(19)20;1-2-3-4;1-2;/h4-6,9-12,16,18H,1-3,7-8,13-15,17H2;2-4H2,1H3;1H2;1H. The van der Waals surface area contributed by atoms with Crippen molar-refractivity contribution in [2.75, 3.05) is 19.6 Å². The van der Waals surface area contributed by atoms with Gasteiger partial charge in [0.05, 0.1) is 6.54 Å². The number of hydrogen-bond acceptors (Lipinski definition) is 4. The maximum Gasteiger partial charge on any atom is 0.133 e. The lowest BCUT2D eigenvalue weighted by Gasteiger charge is -2.26. The Morgan fingerprint density at radius 3 is 2.41 bits per heavy atom. The van der Waals surface area contributed by atoms with Crippen LogP contribution in [-0.4, -0.2) is 37.6 Å². The summed E-state index contributed by atoms with van der Waals surface area (Å²) in [6.07, 6.45) is 10.3. The SMILES string of the molecule is C=O.CCCN.O=CCN(CCC1CCCCC1)Cc1cccc2ccccc12.[HH]. The van der Waals surface area contributed by atoms with E-state index < -0.39 is 0 Å². The first-order valence-corrected chi connectivity index (χ1v) is 10.9. The van der Waals surface area contributed by atoms with Crippen LogP contribution in [0, 0.1) is 5.92 Å². The molecule has 0 bridgehead atoms. The molecule has 0 heterocycles. The number of hydrogen-bond donors (Lipinski definition) is 1. The van der Waals surface area contributed by atoms with E-state index in [2.05, 4.69) is 54.3 Å². The Hall–Kier alpha value is -2.04. The van der Waals surface area contributed by atoms with Crippen LogP contribution in [0.2, 0.25) is 0 Å². The van der Waals surface area contributed by atoms with Crippen molar-refractivity contribution in [3.8, 4) is 0 Å². The van der Waals surface area contributed by atoms with Gasteiger partial charge in [0.25, 0.3) is 0 Å². The Morgan fingerprint density at radius 2 is 1.76 bits per heavy atom. The van der Waals surface area contributed by atoms with Gasteiger partial charge in [-0.05, 0) is 48.2 Å². The van der Waals surface area contributed by atoms with Crippen molar-refractivity contribution >= 4 is 23.8 Å². The fourth-order valence-corrected chi connectivity index (χ4v) is 3.85. The Kier molecular flexibility index (Phi) is 13.6. The number of nitrogens with two attached hydrogens (primary N) is 1. The molecule has 0 spiro atoms. The van der Waals surface area contributed by atoms with Crippen molar-refractivity contribution in [1.82, 2.24) is 4.90 Å². The van der Waals surface area contributed by atoms with E-state index >= 15 is 0 Å². The Labute approximate surface area is 178 Å². The van der Waals surface area contributed by atoms with Crippen molar-refractivity contribution in [1.29, 1.82) is 0 Å². The highest BCUT2D eigenvalue weighted by Gasteiger charge is 2.15. The number of nitrogens with zero attached hydrogens (tertiary/aromatic N) is 1. The molecule has 29 heavy (non-hydrogen) atoms. The first-order chi connectivity index (χ1) is 14.3.